The van der Waals surface area contributed by atoms with Crippen LogP contribution in [0, 0.1) is 6.92 Å². The number of anilines is 2. The van der Waals surface area contributed by atoms with Gasteiger partial charge in [0.25, 0.3) is 0 Å². The smallest absolute Gasteiger partial charge is 0.340 e. The van der Waals surface area contributed by atoms with Crippen LogP contribution in [0.4, 0.5) is 11.4 Å². The van der Waals surface area contributed by atoms with Crippen LogP contribution in [0.5, 0.6) is 0 Å². The average Bonchev–Trinajstić information content (AvgIpc) is 2.42. The van der Waals surface area contributed by atoms with Crippen LogP contribution in [-0.4, -0.2) is 13.1 Å². The molecule has 0 saturated carbocycles. The molecule has 4 heteroatoms. The zero-order chi connectivity index (χ0) is 13.8. The van der Waals surface area contributed by atoms with Crippen LogP contribution in [0.1, 0.15) is 15.9 Å². The Bertz CT molecular complexity index is 594. The van der Waals surface area contributed by atoms with Gasteiger partial charge in [-0.1, -0.05) is 33.6 Å². The average molecular weight is 320 g/mol. The molecule has 0 heterocycles. The summed E-state index contributed by atoms with van der Waals surface area (Å²) in [5.41, 5.74) is 3.34. The molecule has 0 aliphatic rings. The van der Waals surface area contributed by atoms with Crippen molar-refractivity contribution in [3.63, 3.8) is 0 Å². The highest BCUT2D eigenvalue weighted by molar-refractivity contribution is 9.10. The quantitative estimate of drug-likeness (QED) is 0.858. The normalized spacial score (nSPS) is 10.1. The largest absolute Gasteiger partial charge is 0.465 e. The van der Waals surface area contributed by atoms with E-state index in [0.717, 1.165) is 15.8 Å². The fraction of sp³-hybridized carbons (Fsp3) is 0.133. The number of hydrogen-bond acceptors (Lipinski definition) is 3. The maximum absolute atomic E-state index is 11.7. The Morgan fingerprint density at radius 2 is 1.84 bits per heavy atom. The lowest BCUT2D eigenvalue weighted by molar-refractivity contribution is 0.0602. The number of methoxy groups -OCH3 is 1. The molecule has 0 amide bonds. The molecule has 0 unspecified atom stereocenters. The summed E-state index contributed by atoms with van der Waals surface area (Å²) in [5, 5.41) is 3.22. The molecular weight excluding hydrogens is 306 g/mol. The maximum atomic E-state index is 11.7. The van der Waals surface area contributed by atoms with Crippen LogP contribution in [0.3, 0.4) is 0 Å². The third-order valence-corrected chi connectivity index (χ3v) is 3.21. The number of hydrogen-bond donors (Lipinski definition) is 1. The van der Waals surface area contributed by atoms with Crippen molar-refractivity contribution < 1.29 is 9.53 Å². The van der Waals surface area contributed by atoms with Crippen LogP contribution >= 0.6 is 15.9 Å². The van der Waals surface area contributed by atoms with Crippen LogP contribution in [-0.2, 0) is 4.74 Å². The van der Waals surface area contributed by atoms with E-state index in [2.05, 4.69) is 21.2 Å². The molecule has 0 radical (unpaired) electrons. The topological polar surface area (TPSA) is 38.3 Å². The first-order valence-corrected chi connectivity index (χ1v) is 6.61. The van der Waals surface area contributed by atoms with Crippen LogP contribution in [0.15, 0.2) is 46.9 Å². The molecule has 0 atom stereocenters. The van der Waals surface area contributed by atoms with Gasteiger partial charge in [0.1, 0.15) is 0 Å². The Hall–Kier alpha value is -1.81. The highest BCUT2D eigenvalue weighted by atomic mass is 79.9. The predicted octanol–water partition coefficient (Wildman–Crippen LogP) is 4.29. The van der Waals surface area contributed by atoms with E-state index >= 15 is 0 Å². The van der Waals surface area contributed by atoms with E-state index < -0.39 is 0 Å². The first kappa shape index (κ1) is 13.6. The summed E-state index contributed by atoms with van der Waals surface area (Å²) in [6.45, 7) is 2.03. The minimum Gasteiger partial charge on any atom is -0.465 e. The molecule has 98 valence electrons. The van der Waals surface area contributed by atoms with E-state index in [0.29, 0.717) is 5.56 Å². The van der Waals surface area contributed by atoms with E-state index in [9.17, 15) is 4.79 Å². The number of aryl methyl sites for hydroxylation is 1. The Labute approximate surface area is 120 Å². The Kier molecular flexibility index (Phi) is 4.22. The monoisotopic (exact) mass is 319 g/mol. The van der Waals surface area contributed by atoms with Gasteiger partial charge in [-0.05, 0) is 37.3 Å². The van der Waals surface area contributed by atoms with E-state index in [4.69, 9.17) is 4.74 Å². The van der Waals surface area contributed by atoms with E-state index in [-0.39, 0.29) is 5.97 Å². The number of carbonyl (C=O) groups excluding carboxylic acids is 1. The van der Waals surface area contributed by atoms with Gasteiger partial charge in [-0.25, -0.2) is 4.79 Å². The van der Waals surface area contributed by atoms with Gasteiger partial charge in [-0.15, -0.1) is 0 Å². The molecule has 3 nitrogen and oxygen atoms in total. The number of rotatable bonds is 3. The van der Waals surface area contributed by atoms with Gasteiger partial charge in [0.15, 0.2) is 0 Å². The molecule has 2 aromatic rings. The predicted molar refractivity (Wildman–Crippen MR) is 79.9 cm³/mol. The number of carbonyl (C=O) groups is 1. The summed E-state index contributed by atoms with van der Waals surface area (Å²) in [4.78, 5) is 11.7. The van der Waals surface area contributed by atoms with Crippen molar-refractivity contribution in [2.75, 3.05) is 12.4 Å². The van der Waals surface area contributed by atoms with Crippen molar-refractivity contribution in [1.29, 1.82) is 0 Å². The first-order chi connectivity index (χ1) is 9.10. The summed E-state index contributed by atoms with van der Waals surface area (Å²) in [6, 6.07) is 13.4. The lowest BCUT2D eigenvalue weighted by Gasteiger charge is -2.11. The number of halogens is 1. The SMILES string of the molecule is COC(=O)c1cc(Br)ccc1Nc1ccc(C)cc1. The highest BCUT2D eigenvalue weighted by Crippen LogP contribution is 2.25. The lowest BCUT2D eigenvalue weighted by atomic mass is 10.1. The Balaban J connectivity index is 2.34. The molecule has 2 aromatic carbocycles. The van der Waals surface area contributed by atoms with Gasteiger partial charge in [-0.3, -0.25) is 0 Å². The molecule has 19 heavy (non-hydrogen) atoms. The molecule has 0 aliphatic heterocycles. The van der Waals surface area contributed by atoms with Gasteiger partial charge < -0.3 is 10.1 Å². The van der Waals surface area contributed by atoms with Crippen molar-refractivity contribution in [2.24, 2.45) is 0 Å². The zero-order valence-corrected chi connectivity index (χ0v) is 12.3. The molecule has 0 spiro atoms. The highest BCUT2D eigenvalue weighted by Gasteiger charge is 2.12. The van der Waals surface area contributed by atoms with Crippen LogP contribution < -0.4 is 5.32 Å². The summed E-state index contributed by atoms with van der Waals surface area (Å²) in [7, 11) is 1.37. The lowest BCUT2D eigenvalue weighted by Crippen LogP contribution is -2.05. The number of esters is 1. The Morgan fingerprint density at radius 3 is 2.47 bits per heavy atom. The molecule has 0 saturated heterocycles. The fourth-order valence-corrected chi connectivity index (χ4v) is 2.06. The van der Waals surface area contributed by atoms with Gasteiger partial charge in [0, 0.05) is 10.2 Å². The third kappa shape index (κ3) is 3.35. The molecular formula is C15H14BrNO2. The number of benzene rings is 2. The summed E-state index contributed by atoms with van der Waals surface area (Å²) in [6.07, 6.45) is 0. The molecule has 0 aliphatic carbocycles. The van der Waals surface area contributed by atoms with Crippen molar-refractivity contribution >= 4 is 33.3 Å². The number of nitrogens with one attached hydrogen (secondary N) is 1. The summed E-state index contributed by atoms with van der Waals surface area (Å²) >= 11 is 3.35. The minimum absolute atomic E-state index is 0.365. The van der Waals surface area contributed by atoms with Crippen molar-refractivity contribution in [2.45, 2.75) is 6.92 Å². The second-order valence-electron chi connectivity index (χ2n) is 4.17. The zero-order valence-electron chi connectivity index (χ0n) is 10.7. The van der Waals surface area contributed by atoms with Crippen LogP contribution in [0.2, 0.25) is 0 Å². The van der Waals surface area contributed by atoms with E-state index in [1.807, 2.05) is 43.3 Å². The van der Waals surface area contributed by atoms with Crippen molar-refractivity contribution in [1.82, 2.24) is 0 Å². The second kappa shape index (κ2) is 5.89. The maximum Gasteiger partial charge on any atom is 0.340 e. The van der Waals surface area contributed by atoms with Crippen molar-refractivity contribution in [3.05, 3.63) is 58.1 Å². The van der Waals surface area contributed by atoms with E-state index in [1.54, 1.807) is 6.07 Å². The van der Waals surface area contributed by atoms with Gasteiger partial charge in [0.2, 0.25) is 0 Å². The molecule has 0 fully saturated rings. The standard InChI is InChI=1S/C15H14BrNO2/c1-10-3-6-12(7-4-10)17-14-8-5-11(16)9-13(14)15(18)19-2/h3-9,17H,1-2H3. The fourth-order valence-electron chi connectivity index (χ4n) is 1.70. The van der Waals surface area contributed by atoms with Crippen LogP contribution in [0.25, 0.3) is 0 Å². The third-order valence-electron chi connectivity index (χ3n) is 2.72. The molecule has 2 rings (SSSR count). The minimum atomic E-state index is -0.365. The Morgan fingerprint density at radius 1 is 1.16 bits per heavy atom. The second-order valence-corrected chi connectivity index (χ2v) is 5.09. The summed E-state index contributed by atoms with van der Waals surface area (Å²) < 4.78 is 5.62. The first-order valence-electron chi connectivity index (χ1n) is 5.81. The molecule has 0 bridgehead atoms. The van der Waals surface area contributed by atoms with Gasteiger partial charge in [0.05, 0.1) is 18.4 Å². The van der Waals surface area contributed by atoms with Gasteiger partial charge >= 0.3 is 5.97 Å². The van der Waals surface area contributed by atoms with E-state index in [1.165, 1.54) is 12.7 Å². The van der Waals surface area contributed by atoms with Crippen molar-refractivity contribution in [3.8, 4) is 0 Å². The number of ether oxygens (including phenoxy) is 1. The van der Waals surface area contributed by atoms with Gasteiger partial charge in [-0.2, -0.15) is 0 Å². The molecule has 1 N–H and O–H groups in total. The molecule has 0 aromatic heterocycles. The summed E-state index contributed by atoms with van der Waals surface area (Å²) in [5.74, 6) is -0.365.